The lowest BCUT2D eigenvalue weighted by molar-refractivity contribution is -0.156. The smallest absolute Gasteiger partial charge is 0.222 e. The third kappa shape index (κ3) is 5.87. The van der Waals surface area contributed by atoms with Crippen LogP contribution in [0.4, 0.5) is 0 Å². The number of fused-ring (bicyclic) bond motifs is 5. The van der Waals surface area contributed by atoms with E-state index in [9.17, 15) is 14.7 Å². The molecule has 0 aliphatic heterocycles. The molecule has 1 aromatic carbocycles. The minimum absolute atomic E-state index is 0.0819. The van der Waals surface area contributed by atoms with Gasteiger partial charge in [-0.3, -0.25) is 9.59 Å². The highest BCUT2D eigenvalue weighted by molar-refractivity contribution is 5.79. The third-order valence-electron chi connectivity index (χ3n) is 12.1. The summed E-state index contributed by atoms with van der Waals surface area (Å²) >= 11 is 0. The number of aliphatic hydroxyl groups is 1. The summed E-state index contributed by atoms with van der Waals surface area (Å²) < 4.78 is 6.02. The van der Waals surface area contributed by atoms with Gasteiger partial charge in [-0.05, 0) is 129 Å². The minimum Gasteiger partial charge on any atom is -0.494 e. The van der Waals surface area contributed by atoms with E-state index in [0.29, 0.717) is 53.8 Å². The summed E-state index contributed by atoms with van der Waals surface area (Å²) in [6.45, 7) is 5.55. The van der Waals surface area contributed by atoms with Gasteiger partial charge in [0.2, 0.25) is 5.91 Å². The van der Waals surface area contributed by atoms with Gasteiger partial charge in [-0.25, -0.2) is 0 Å². The minimum atomic E-state index is -0.145. The molecule has 0 aromatic heterocycles. The first kappa shape index (κ1) is 29.6. The van der Waals surface area contributed by atoms with Crippen molar-refractivity contribution in [3.8, 4) is 5.75 Å². The van der Waals surface area contributed by atoms with E-state index in [-0.39, 0.29) is 17.4 Å². The first-order valence-electron chi connectivity index (χ1n) is 16.2. The first-order chi connectivity index (χ1) is 19.1. The molecule has 8 atom stereocenters. The summed E-state index contributed by atoms with van der Waals surface area (Å²) in [4.78, 5) is 25.9. The lowest BCUT2D eigenvalue weighted by atomic mass is 9.42. The van der Waals surface area contributed by atoms with Crippen molar-refractivity contribution in [3.05, 3.63) is 29.8 Å². The Morgan fingerprint density at radius 2 is 1.85 bits per heavy atom. The molecular weight excluding hydrogens is 498 g/mol. The van der Waals surface area contributed by atoms with Crippen molar-refractivity contribution in [1.29, 1.82) is 0 Å². The largest absolute Gasteiger partial charge is 0.494 e. The molecule has 5 nitrogen and oxygen atoms in total. The second-order valence-electron chi connectivity index (χ2n) is 14.5. The quantitative estimate of drug-likeness (QED) is 0.323. The van der Waals surface area contributed by atoms with E-state index in [1.54, 1.807) is 19.0 Å². The van der Waals surface area contributed by atoms with Gasteiger partial charge in [0, 0.05) is 33.4 Å². The van der Waals surface area contributed by atoms with E-state index >= 15 is 0 Å². The topological polar surface area (TPSA) is 66.8 Å². The van der Waals surface area contributed by atoms with Gasteiger partial charge in [0.05, 0.1) is 12.7 Å². The van der Waals surface area contributed by atoms with Crippen LogP contribution in [0.2, 0.25) is 0 Å². The summed E-state index contributed by atoms with van der Waals surface area (Å²) in [6, 6.07) is 8.54. The molecule has 1 aromatic rings. The van der Waals surface area contributed by atoms with Gasteiger partial charge in [-0.2, -0.15) is 0 Å². The maximum Gasteiger partial charge on any atom is 0.222 e. The number of ketones is 1. The molecule has 4 fully saturated rings. The van der Waals surface area contributed by atoms with E-state index in [2.05, 4.69) is 32.0 Å². The molecule has 3 unspecified atom stereocenters. The van der Waals surface area contributed by atoms with Gasteiger partial charge in [0.25, 0.3) is 0 Å². The van der Waals surface area contributed by atoms with Crippen LogP contribution in [0, 0.1) is 40.4 Å². The number of rotatable bonds is 10. The molecule has 4 saturated carbocycles. The average Bonchev–Trinajstić information content (AvgIpc) is 3.23. The molecule has 1 amide bonds. The molecule has 4 aliphatic rings. The van der Waals surface area contributed by atoms with Crippen molar-refractivity contribution in [3.63, 3.8) is 0 Å². The molecule has 222 valence electrons. The molecular formula is C35H53NO4. The van der Waals surface area contributed by atoms with E-state index in [0.717, 1.165) is 63.5 Å². The van der Waals surface area contributed by atoms with Crippen LogP contribution in [-0.4, -0.2) is 48.5 Å². The highest BCUT2D eigenvalue weighted by Crippen LogP contribution is 2.67. The highest BCUT2D eigenvalue weighted by Gasteiger charge is 2.62. The van der Waals surface area contributed by atoms with Crippen LogP contribution in [0.5, 0.6) is 5.75 Å². The van der Waals surface area contributed by atoms with Crippen LogP contribution in [0.25, 0.3) is 0 Å². The predicted octanol–water partition coefficient (Wildman–Crippen LogP) is 6.85. The maximum absolute atomic E-state index is 12.5. The Hall–Kier alpha value is -1.88. The van der Waals surface area contributed by atoms with Gasteiger partial charge in [-0.15, -0.1) is 0 Å². The maximum atomic E-state index is 12.5. The Morgan fingerprint density at radius 3 is 2.65 bits per heavy atom. The van der Waals surface area contributed by atoms with E-state index < -0.39 is 0 Å². The number of Topliss-reactive ketones (excluding diaryl/α,β-unsaturated/α-hetero) is 1. The lowest BCUT2D eigenvalue weighted by Gasteiger charge is -2.62. The molecule has 0 bridgehead atoms. The number of aryl methyl sites for hydroxylation is 1. The summed E-state index contributed by atoms with van der Waals surface area (Å²) in [6.07, 6.45) is 14.0. The number of unbranched alkanes of at least 4 members (excludes halogenated alkanes) is 1. The van der Waals surface area contributed by atoms with Gasteiger partial charge in [0.15, 0.2) is 0 Å². The van der Waals surface area contributed by atoms with Crippen LogP contribution in [0.1, 0.15) is 103 Å². The molecule has 0 heterocycles. The summed E-state index contributed by atoms with van der Waals surface area (Å²) in [5.41, 5.74) is 1.71. The Morgan fingerprint density at radius 1 is 1.05 bits per heavy atom. The molecule has 0 saturated heterocycles. The van der Waals surface area contributed by atoms with E-state index in [1.165, 1.54) is 31.2 Å². The fourth-order valence-corrected chi connectivity index (χ4v) is 9.64. The standard InChI is InChI=1S/C35H53NO4/c1-34-18-16-27(37)23-26(34)22-25(33-29-14-15-31(38)35(29,2)19-17-30(33)34)11-7-9-24-10-8-12-28(21-24)40-20-6-5-13-32(39)36(3)4/h8,10,12,21,25-26,29-31,33,38H,5-7,9,11,13-20,22-23H2,1-4H3/t25?,26?,29-,30+,31?,33-,34-,35-/m0/s1. The fourth-order valence-electron chi connectivity index (χ4n) is 9.64. The number of hydrogen-bond donors (Lipinski definition) is 1. The number of hydrogen-bond acceptors (Lipinski definition) is 4. The fraction of sp³-hybridized carbons (Fsp3) is 0.771. The lowest BCUT2D eigenvalue weighted by Crippen LogP contribution is -2.57. The van der Waals surface area contributed by atoms with Gasteiger partial charge < -0.3 is 14.7 Å². The van der Waals surface area contributed by atoms with Crippen molar-refractivity contribution in [2.24, 2.45) is 40.4 Å². The number of carbonyl (C=O) groups excluding carboxylic acids is 2. The first-order valence-corrected chi connectivity index (χ1v) is 16.2. The van der Waals surface area contributed by atoms with Crippen LogP contribution in [0.15, 0.2) is 24.3 Å². The molecule has 1 N–H and O–H groups in total. The van der Waals surface area contributed by atoms with Gasteiger partial charge in [0.1, 0.15) is 11.5 Å². The SMILES string of the molecule is CN(C)C(=O)CCCCOc1cccc(CCCC2CC3CC(=O)CC[C@]3(C)[C@@H]3CC[C@]4(C)C(O)CC[C@H]4[C@H]23)c1. The van der Waals surface area contributed by atoms with Crippen molar-refractivity contribution in [2.75, 3.05) is 20.7 Å². The van der Waals surface area contributed by atoms with Crippen molar-refractivity contribution >= 4 is 11.7 Å². The zero-order valence-electron chi connectivity index (χ0n) is 25.5. The van der Waals surface area contributed by atoms with Gasteiger partial charge in [-0.1, -0.05) is 26.0 Å². The van der Waals surface area contributed by atoms with Crippen molar-refractivity contribution in [2.45, 2.75) is 110 Å². The number of carbonyl (C=O) groups is 2. The number of aliphatic hydroxyl groups excluding tert-OH is 1. The Balaban J connectivity index is 1.20. The molecule has 40 heavy (non-hydrogen) atoms. The molecule has 5 rings (SSSR count). The third-order valence-corrected chi connectivity index (χ3v) is 12.1. The van der Waals surface area contributed by atoms with Crippen molar-refractivity contribution in [1.82, 2.24) is 4.90 Å². The summed E-state index contributed by atoms with van der Waals surface area (Å²) in [7, 11) is 3.60. The Labute approximate surface area is 242 Å². The van der Waals surface area contributed by atoms with Crippen LogP contribution in [0.3, 0.4) is 0 Å². The normalized spacial score (nSPS) is 36.9. The van der Waals surface area contributed by atoms with Gasteiger partial charge >= 0.3 is 0 Å². The molecule has 5 heteroatoms. The molecule has 0 spiro atoms. The Bertz CT molecular complexity index is 1050. The number of benzene rings is 1. The highest BCUT2D eigenvalue weighted by atomic mass is 16.5. The zero-order chi connectivity index (χ0) is 28.5. The van der Waals surface area contributed by atoms with Crippen LogP contribution in [-0.2, 0) is 16.0 Å². The average molecular weight is 552 g/mol. The number of nitrogens with zero attached hydrogens (tertiary/aromatic N) is 1. The van der Waals surface area contributed by atoms with E-state index in [1.807, 2.05) is 6.07 Å². The zero-order valence-corrected chi connectivity index (χ0v) is 25.5. The van der Waals surface area contributed by atoms with Crippen molar-refractivity contribution < 1.29 is 19.4 Å². The second kappa shape index (κ2) is 12.2. The monoisotopic (exact) mass is 551 g/mol. The number of amides is 1. The second-order valence-corrected chi connectivity index (χ2v) is 14.5. The molecule has 0 radical (unpaired) electrons. The summed E-state index contributed by atoms with van der Waals surface area (Å²) in [5.74, 6) is 4.82. The number of ether oxygens (including phenoxy) is 1. The van der Waals surface area contributed by atoms with E-state index in [4.69, 9.17) is 4.74 Å². The molecule has 4 aliphatic carbocycles. The summed E-state index contributed by atoms with van der Waals surface area (Å²) in [5, 5.41) is 11.0. The predicted molar refractivity (Wildman–Crippen MR) is 159 cm³/mol. The van der Waals surface area contributed by atoms with Crippen LogP contribution >= 0.6 is 0 Å². The Kier molecular flexibility index (Phi) is 9.00. The van der Waals surface area contributed by atoms with Crippen LogP contribution < -0.4 is 4.74 Å².